The van der Waals surface area contributed by atoms with Crippen LogP contribution in [0.5, 0.6) is 0 Å². The Labute approximate surface area is 112 Å². The highest BCUT2D eigenvalue weighted by Crippen LogP contribution is 2.64. The van der Waals surface area contributed by atoms with Crippen LogP contribution in [0.2, 0.25) is 10.1 Å². The fraction of sp³-hybridized carbons (Fsp3) is 1.00. The van der Waals surface area contributed by atoms with Crippen molar-refractivity contribution >= 4 is 28.9 Å². The van der Waals surface area contributed by atoms with Crippen LogP contribution in [0.4, 0.5) is 0 Å². The van der Waals surface area contributed by atoms with E-state index in [2.05, 4.69) is 34.6 Å². The predicted molar refractivity (Wildman–Crippen MR) is 77.8 cm³/mol. The van der Waals surface area contributed by atoms with Crippen LogP contribution in [0.1, 0.15) is 66.7 Å². The topological polar surface area (TPSA) is 0 Å². The minimum atomic E-state index is -2.27. The van der Waals surface area contributed by atoms with Crippen LogP contribution in [0, 0.1) is 5.92 Å². The highest BCUT2D eigenvalue weighted by Gasteiger charge is 2.58. The minimum absolute atomic E-state index is 0.0855. The Kier molecular flexibility index (Phi) is 4.47. The summed E-state index contributed by atoms with van der Waals surface area (Å²) in [6, 6.07) is 0. The lowest BCUT2D eigenvalue weighted by atomic mass is 9.89. The lowest BCUT2D eigenvalue weighted by molar-refractivity contribution is 0.367. The third-order valence-corrected chi connectivity index (χ3v) is 14.8. The van der Waals surface area contributed by atoms with Crippen molar-refractivity contribution in [3.05, 3.63) is 0 Å². The van der Waals surface area contributed by atoms with Gasteiger partial charge in [-0.3, -0.25) is 0 Å². The smallest absolute Gasteiger partial charge is 0.145 e. The van der Waals surface area contributed by atoms with E-state index in [-0.39, 0.29) is 10.1 Å². The molecule has 0 radical (unpaired) electrons. The Bertz CT molecular complexity index is 240. The zero-order chi connectivity index (χ0) is 12.6. The van der Waals surface area contributed by atoms with Gasteiger partial charge in [-0.2, -0.15) is 0 Å². The Morgan fingerprint density at radius 3 is 1.88 bits per heavy atom. The first-order valence-corrected chi connectivity index (χ1v) is 10.6. The van der Waals surface area contributed by atoms with Crippen molar-refractivity contribution in [1.29, 1.82) is 0 Å². The molecule has 0 aliphatic heterocycles. The van der Waals surface area contributed by atoms with Crippen molar-refractivity contribution in [3.63, 3.8) is 0 Å². The monoisotopic (exact) mass is 280 g/mol. The lowest BCUT2D eigenvalue weighted by Crippen LogP contribution is -2.48. The summed E-state index contributed by atoms with van der Waals surface area (Å²) in [6.07, 6.45) is 6.42. The second-order valence-corrected chi connectivity index (χ2v) is 14.2. The van der Waals surface area contributed by atoms with E-state index >= 15 is 0 Å². The molecule has 16 heavy (non-hydrogen) atoms. The SMILES string of the molecule is CC(C)C(C)(C)[Si](Cl)(Cl)C1(C)CCCCC1. The van der Waals surface area contributed by atoms with E-state index in [1.165, 1.54) is 32.1 Å². The molecule has 96 valence electrons. The molecule has 1 fully saturated rings. The molecule has 1 aliphatic rings. The normalized spacial score (nSPS) is 22.5. The first-order valence-electron chi connectivity index (χ1n) is 6.53. The molecule has 0 saturated heterocycles. The zero-order valence-electron chi connectivity index (χ0n) is 11.4. The van der Waals surface area contributed by atoms with Crippen molar-refractivity contribution in [3.8, 4) is 0 Å². The van der Waals surface area contributed by atoms with Gasteiger partial charge >= 0.3 is 0 Å². The molecule has 0 N–H and O–H groups in total. The van der Waals surface area contributed by atoms with Crippen molar-refractivity contribution in [2.24, 2.45) is 5.92 Å². The van der Waals surface area contributed by atoms with Crippen LogP contribution in [-0.2, 0) is 0 Å². The van der Waals surface area contributed by atoms with E-state index in [0.717, 1.165) is 0 Å². The van der Waals surface area contributed by atoms with Crippen LogP contribution in [0.25, 0.3) is 0 Å². The first-order chi connectivity index (χ1) is 7.15. The Morgan fingerprint density at radius 2 is 1.50 bits per heavy atom. The predicted octanol–water partition coefficient (Wildman–Crippen LogP) is 6.07. The number of rotatable bonds is 3. The molecule has 1 aliphatic carbocycles. The third-order valence-electron chi connectivity index (χ3n) is 4.97. The van der Waals surface area contributed by atoms with Gasteiger partial charge in [-0.05, 0) is 28.8 Å². The molecular weight excluding hydrogens is 255 g/mol. The standard InChI is InChI=1S/C13H26Cl2Si/c1-11(2)12(3,4)16(14,15)13(5)9-7-6-8-10-13/h11H,6-10H2,1-5H3. The van der Waals surface area contributed by atoms with Crippen molar-refractivity contribution in [1.82, 2.24) is 0 Å². The molecular formula is C13H26Cl2Si. The molecule has 1 saturated carbocycles. The first kappa shape index (κ1) is 14.9. The van der Waals surface area contributed by atoms with E-state index < -0.39 is 6.69 Å². The Balaban J connectivity index is 2.99. The van der Waals surface area contributed by atoms with Crippen molar-refractivity contribution in [2.45, 2.75) is 76.8 Å². The van der Waals surface area contributed by atoms with Gasteiger partial charge in [0.1, 0.15) is 0 Å². The molecule has 0 unspecified atom stereocenters. The van der Waals surface area contributed by atoms with E-state index in [1.807, 2.05) is 0 Å². The van der Waals surface area contributed by atoms with Crippen LogP contribution in [0.3, 0.4) is 0 Å². The molecule has 0 aromatic heterocycles. The number of hydrogen-bond acceptors (Lipinski definition) is 0. The molecule has 0 spiro atoms. The average Bonchev–Trinajstić information content (AvgIpc) is 2.18. The summed E-state index contributed by atoms with van der Waals surface area (Å²) >= 11 is 13.9. The fourth-order valence-electron chi connectivity index (χ4n) is 2.79. The second-order valence-electron chi connectivity index (χ2n) is 6.57. The number of hydrogen-bond donors (Lipinski definition) is 0. The van der Waals surface area contributed by atoms with Gasteiger partial charge in [0.15, 0.2) is 0 Å². The van der Waals surface area contributed by atoms with Gasteiger partial charge in [0, 0.05) is 0 Å². The van der Waals surface area contributed by atoms with E-state index in [0.29, 0.717) is 5.92 Å². The summed E-state index contributed by atoms with van der Waals surface area (Å²) < 4.78 is 0. The Hall–Kier alpha value is 0.797. The summed E-state index contributed by atoms with van der Waals surface area (Å²) in [7, 11) is 0. The van der Waals surface area contributed by atoms with Gasteiger partial charge in [-0.1, -0.05) is 53.9 Å². The van der Waals surface area contributed by atoms with Crippen LogP contribution in [0.15, 0.2) is 0 Å². The van der Waals surface area contributed by atoms with Gasteiger partial charge in [-0.25, -0.2) is 0 Å². The molecule has 3 heteroatoms. The highest BCUT2D eigenvalue weighted by molar-refractivity contribution is 7.47. The molecule has 0 amide bonds. The molecule has 0 atom stereocenters. The summed E-state index contributed by atoms with van der Waals surface area (Å²) in [4.78, 5) is 0. The summed E-state index contributed by atoms with van der Waals surface area (Å²) in [5.41, 5.74) is 0. The highest BCUT2D eigenvalue weighted by atomic mass is 35.7. The molecule has 0 heterocycles. The summed E-state index contributed by atoms with van der Waals surface area (Å²) in [5.74, 6) is 0.549. The van der Waals surface area contributed by atoms with Crippen LogP contribution in [-0.4, -0.2) is 6.69 Å². The van der Waals surface area contributed by atoms with Gasteiger partial charge in [0.05, 0.1) is 0 Å². The lowest BCUT2D eigenvalue weighted by Gasteiger charge is -2.51. The zero-order valence-corrected chi connectivity index (χ0v) is 13.9. The average molecular weight is 281 g/mol. The maximum Gasteiger partial charge on any atom is 0.262 e. The maximum atomic E-state index is 6.95. The number of halogens is 2. The molecule has 0 aromatic carbocycles. The maximum absolute atomic E-state index is 6.95. The second kappa shape index (κ2) is 4.82. The van der Waals surface area contributed by atoms with E-state index in [4.69, 9.17) is 22.2 Å². The van der Waals surface area contributed by atoms with Crippen LogP contribution >= 0.6 is 22.2 Å². The van der Waals surface area contributed by atoms with Gasteiger partial charge in [0.2, 0.25) is 0 Å². The van der Waals surface area contributed by atoms with E-state index in [9.17, 15) is 0 Å². The fourth-order valence-corrected chi connectivity index (χ4v) is 8.49. The van der Waals surface area contributed by atoms with E-state index in [1.54, 1.807) is 0 Å². The molecule has 0 bridgehead atoms. The molecule has 0 nitrogen and oxygen atoms in total. The van der Waals surface area contributed by atoms with Gasteiger partial charge in [0.25, 0.3) is 6.69 Å². The quantitative estimate of drug-likeness (QED) is 0.435. The van der Waals surface area contributed by atoms with Gasteiger partial charge in [-0.15, -0.1) is 22.2 Å². The summed E-state index contributed by atoms with van der Waals surface area (Å²) in [6.45, 7) is 9.10. The van der Waals surface area contributed by atoms with Crippen molar-refractivity contribution < 1.29 is 0 Å². The molecule has 0 aromatic rings. The van der Waals surface area contributed by atoms with Crippen LogP contribution < -0.4 is 0 Å². The van der Waals surface area contributed by atoms with Crippen molar-refractivity contribution in [2.75, 3.05) is 0 Å². The molecule has 1 rings (SSSR count). The third kappa shape index (κ3) is 2.33. The van der Waals surface area contributed by atoms with Gasteiger partial charge < -0.3 is 0 Å². The minimum Gasteiger partial charge on any atom is -0.145 e. The largest absolute Gasteiger partial charge is 0.262 e. The summed E-state index contributed by atoms with van der Waals surface area (Å²) in [5, 5.41) is 0.296. The Morgan fingerprint density at radius 1 is 1.06 bits per heavy atom.